The van der Waals surface area contributed by atoms with Crippen LogP contribution in [0.2, 0.25) is 10.0 Å². The second-order valence-corrected chi connectivity index (χ2v) is 39.4. The lowest BCUT2D eigenvalue weighted by molar-refractivity contribution is -0.160. The number of carbonyl (C=O) groups is 9. The van der Waals surface area contributed by atoms with Crippen molar-refractivity contribution in [3.8, 4) is 0 Å². The van der Waals surface area contributed by atoms with Gasteiger partial charge in [0.25, 0.3) is 11.8 Å². The summed E-state index contributed by atoms with van der Waals surface area (Å²) in [5.41, 5.74) is 10.9. The van der Waals surface area contributed by atoms with Crippen molar-refractivity contribution in [1.29, 1.82) is 0 Å². The molecule has 25 heteroatoms. The van der Waals surface area contributed by atoms with Crippen molar-refractivity contribution < 1.29 is 100 Å². The Morgan fingerprint density at radius 1 is 0.446 bits per heavy atom. The first-order valence-corrected chi connectivity index (χ1v) is 46.8. The Bertz CT molecular complexity index is 5170. The van der Waals surface area contributed by atoms with Crippen LogP contribution in [0, 0.1) is 78.6 Å². The molecule has 5 aromatic rings. The molecule has 702 valence electrons. The van der Waals surface area contributed by atoms with Gasteiger partial charge in [-0.2, -0.15) is 0 Å². The second-order valence-electron chi connectivity index (χ2n) is 38.6. The highest BCUT2D eigenvalue weighted by molar-refractivity contribution is 6.37. The van der Waals surface area contributed by atoms with E-state index in [0.717, 1.165) is 156 Å². The number of rotatable bonds is 17. The van der Waals surface area contributed by atoms with Gasteiger partial charge in [-0.1, -0.05) is 152 Å². The number of methoxy groups -OCH3 is 3. The van der Waals surface area contributed by atoms with Gasteiger partial charge in [0, 0.05) is 43.8 Å². The van der Waals surface area contributed by atoms with E-state index >= 15 is 0 Å². The Morgan fingerprint density at radius 3 is 1.25 bits per heavy atom. The number of aliphatic hydroxyl groups excluding tert-OH is 1. The molecule has 6 aliphatic carbocycles. The molecular weight excluding hydrogens is 1700 g/mol. The molecular formula is C105H132Cl2N2O21. The average molecular weight is 1830 g/mol. The highest BCUT2D eigenvalue weighted by Gasteiger charge is 2.57. The van der Waals surface area contributed by atoms with Crippen molar-refractivity contribution in [2.75, 3.05) is 34.5 Å². The van der Waals surface area contributed by atoms with Gasteiger partial charge in [-0.15, -0.1) is 0 Å². The number of ketones is 1. The molecule has 0 saturated heterocycles. The lowest BCUT2D eigenvalue weighted by Crippen LogP contribution is -2.49. The quantitative estimate of drug-likeness (QED) is 0.0575. The van der Waals surface area contributed by atoms with Crippen molar-refractivity contribution in [3.05, 3.63) is 202 Å². The van der Waals surface area contributed by atoms with Gasteiger partial charge >= 0.3 is 36.2 Å². The smallest absolute Gasteiger partial charge is 0.511 e. The van der Waals surface area contributed by atoms with Gasteiger partial charge in [0.15, 0.2) is 28.5 Å². The summed E-state index contributed by atoms with van der Waals surface area (Å²) in [7, 11) is 5.13. The molecule has 5 spiro atoms. The van der Waals surface area contributed by atoms with Crippen LogP contribution in [0.1, 0.15) is 287 Å². The van der Waals surface area contributed by atoms with E-state index in [9.17, 15) is 48.3 Å². The van der Waals surface area contributed by atoms with Crippen molar-refractivity contribution >= 4 is 105 Å². The number of nitrogens with one attached hydrogen (secondary N) is 2. The Morgan fingerprint density at radius 2 is 0.846 bits per heavy atom. The number of hydrogen-bond donors (Lipinski definition) is 3. The number of ether oxygens (including phenoxy) is 11. The Kier molecular flexibility index (Phi) is 32.4. The largest absolute Gasteiger partial charge is 0.513 e. The Hall–Kier alpha value is -9.91. The molecule has 0 unspecified atom stereocenters. The van der Waals surface area contributed by atoms with Gasteiger partial charge in [0.1, 0.15) is 28.4 Å². The molecule has 0 radical (unpaired) electrons. The fourth-order valence-electron chi connectivity index (χ4n) is 19.8. The minimum absolute atomic E-state index is 0.0852. The monoisotopic (exact) mass is 1830 g/mol. The maximum absolute atomic E-state index is 13.0. The van der Waals surface area contributed by atoms with E-state index in [2.05, 4.69) is 22.8 Å². The van der Waals surface area contributed by atoms with Crippen LogP contribution in [0.5, 0.6) is 0 Å². The van der Waals surface area contributed by atoms with Crippen molar-refractivity contribution in [2.45, 2.75) is 312 Å². The summed E-state index contributed by atoms with van der Waals surface area (Å²) in [5.74, 6) is -0.0437. The number of hydrogen-bond acceptors (Lipinski definition) is 21. The van der Waals surface area contributed by atoms with E-state index in [1.54, 1.807) is 53.4 Å². The van der Waals surface area contributed by atoms with Gasteiger partial charge in [-0.05, 0) is 292 Å². The Balaban J connectivity index is 0.000000157. The van der Waals surface area contributed by atoms with E-state index in [0.29, 0.717) is 137 Å². The minimum atomic E-state index is -0.882. The topological polar surface area (TPSA) is 299 Å². The highest BCUT2D eigenvalue weighted by atomic mass is 35.5. The molecule has 5 saturated carbocycles. The third-order valence-electron chi connectivity index (χ3n) is 27.3. The molecule has 3 N–H and O–H groups in total. The van der Waals surface area contributed by atoms with Crippen LogP contribution in [0.4, 0.5) is 9.59 Å². The average Bonchev–Trinajstić information content (AvgIpc) is 1.57. The maximum atomic E-state index is 13.0. The first-order chi connectivity index (χ1) is 61.5. The van der Waals surface area contributed by atoms with E-state index in [-0.39, 0.29) is 83.4 Å². The maximum Gasteiger partial charge on any atom is 0.513 e. The standard InChI is InChI=1S/C23H30O4.C21H24Cl2O4.2C21H27NO5.C19H24O3/c1-14-11-15(2)18(16(3)12-14)19-20(26-17(24)13-22(4,5)6)23(27-21(19)25)9-7-8-10-23;1-4-20(2,3)19(25)26-17-16(14-9-8-13(22)12-15(14)23)18(24)27-21(17)10-6-5-7-11-21;2*1-5-26-20(24)27-18-17(16-12-13(2)6-7-14(16)3)19(23)22-21(18)10-8-15(25-4)9-11-21;1-12-4-5-13(2)15(10-12)17-16(20)11-19(18(17)21)8-6-14(22-3)7-9-19/h11-12H,7-10,13H2,1-6H3;8-9,12H,4-7,10-11H2,1-3H3;2*6-7,12,15H,5,8-11H2,1-4H3,(H,22,23);4-5,10,14,21H,6-9,11H2,1-3H3. The molecule has 5 aromatic carbocycles. The fourth-order valence-corrected chi connectivity index (χ4v) is 20.3. The zero-order valence-electron chi connectivity index (χ0n) is 79.6. The normalized spacial score (nSPS) is 23.2. The molecule has 0 bridgehead atoms. The molecule has 23 nitrogen and oxygen atoms in total. The molecule has 15 rings (SSSR count). The number of aliphatic hydroxyl groups is 1. The van der Waals surface area contributed by atoms with Gasteiger partial charge in [0.2, 0.25) is 0 Å². The summed E-state index contributed by atoms with van der Waals surface area (Å²) in [6.07, 6.45) is 17.1. The number of halogens is 2. The van der Waals surface area contributed by atoms with E-state index in [1.165, 1.54) is 0 Å². The van der Waals surface area contributed by atoms with Crippen molar-refractivity contribution in [1.82, 2.24) is 10.6 Å². The first-order valence-electron chi connectivity index (χ1n) is 46.0. The van der Waals surface area contributed by atoms with Crippen molar-refractivity contribution in [2.24, 2.45) is 16.2 Å². The predicted octanol–water partition coefficient (Wildman–Crippen LogP) is 22.5. The highest BCUT2D eigenvalue weighted by Crippen LogP contribution is 2.56. The number of amides is 2. The summed E-state index contributed by atoms with van der Waals surface area (Å²) in [5, 5.41) is 17.9. The number of carbonyl (C=O) groups excluding carboxylic acids is 9. The molecule has 130 heavy (non-hydrogen) atoms. The van der Waals surface area contributed by atoms with Crippen LogP contribution in [-0.4, -0.2) is 134 Å². The summed E-state index contributed by atoms with van der Waals surface area (Å²) < 4.78 is 61.1. The summed E-state index contributed by atoms with van der Waals surface area (Å²) >= 11 is 12.4. The third-order valence-corrected chi connectivity index (χ3v) is 27.9. The van der Waals surface area contributed by atoms with Crippen LogP contribution >= 0.6 is 23.2 Å². The molecule has 2 amide bonds. The lowest BCUT2D eigenvalue weighted by atomic mass is 9.71. The first kappa shape index (κ1) is 101. The van der Waals surface area contributed by atoms with E-state index in [4.69, 9.17) is 75.3 Å². The molecule has 10 aliphatic rings. The van der Waals surface area contributed by atoms with E-state index < -0.39 is 46.0 Å². The zero-order chi connectivity index (χ0) is 94.9. The van der Waals surface area contributed by atoms with Gasteiger partial charge in [-0.25, -0.2) is 19.2 Å². The zero-order valence-corrected chi connectivity index (χ0v) is 81.1. The number of esters is 4. The van der Waals surface area contributed by atoms with Crippen LogP contribution in [0.25, 0.3) is 27.9 Å². The molecule has 0 atom stereocenters. The van der Waals surface area contributed by atoms with Gasteiger partial charge in [0.05, 0.1) is 76.2 Å². The molecule has 5 fully saturated rings. The SMILES string of the molecule is CCC(C)(C)C(=O)OC1=C(c2ccc(Cl)cc2Cl)C(=O)OC12CCCCC2.CCOC(=O)OC1=C(c2cc(C)ccc2C)C(=O)NC12CCC(OC)CC2.CCOC(=O)OC1=C(c2cc(C)ccc2C)C(=O)NC12CCC(OC)CC2.COC1CCC2(CC1)CC(=O)C(c1cc(C)ccc1C)=C2O.Cc1cc(C)c(C2=C(OC(=O)CC(C)(C)C)C3(CCCC3)OC2=O)c(C)c1. The minimum Gasteiger partial charge on any atom is -0.511 e. The molecule has 0 aromatic heterocycles. The summed E-state index contributed by atoms with van der Waals surface area (Å²) in [4.78, 5) is 114. The summed E-state index contributed by atoms with van der Waals surface area (Å²) in [6.45, 7) is 33.3. The van der Waals surface area contributed by atoms with Crippen LogP contribution in [0.3, 0.4) is 0 Å². The van der Waals surface area contributed by atoms with Crippen LogP contribution in [-0.2, 0) is 85.7 Å². The van der Waals surface area contributed by atoms with Crippen LogP contribution < -0.4 is 10.6 Å². The molecule has 4 heterocycles. The third kappa shape index (κ3) is 22.2. The summed E-state index contributed by atoms with van der Waals surface area (Å²) in [6, 6.07) is 26.9. The number of allylic oxidation sites excluding steroid dienone is 2. The molecule has 4 aliphatic heterocycles. The second kappa shape index (κ2) is 41.9. The lowest BCUT2D eigenvalue weighted by Gasteiger charge is -2.37. The number of Topliss-reactive ketones (excluding diaryl/α,β-unsaturated/α-hetero) is 1. The van der Waals surface area contributed by atoms with Crippen molar-refractivity contribution in [3.63, 3.8) is 0 Å². The van der Waals surface area contributed by atoms with Crippen LogP contribution in [0.15, 0.2) is 114 Å². The number of benzene rings is 5. The van der Waals surface area contributed by atoms with Gasteiger partial charge in [-0.3, -0.25) is 24.0 Å². The predicted molar refractivity (Wildman–Crippen MR) is 499 cm³/mol. The number of aryl methyl sites for hydroxylation is 9. The van der Waals surface area contributed by atoms with Gasteiger partial charge < -0.3 is 67.8 Å². The Labute approximate surface area is 776 Å². The van der Waals surface area contributed by atoms with E-state index in [1.807, 2.05) is 158 Å². The fraction of sp³-hybridized carbons (Fsp3) is 0.533.